The average molecular weight is 451 g/mol. The lowest BCUT2D eigenvalue weighted by Crippen LogP contribution is -2.46. The summed E-state index contributed by atoms with van der Waals surface area (Å²) in [6.45, 7) is 4.78. The smallest absolute Gasteiger partial charge is 0.298 e. The summed E-state index contributed by atoms with van der Waals surface area (Å²) in [7, 11) is 0. The summed E-state index contributed by atoms with van der Waals surface area (Å²) in [5, 5.41) is 8.83. The minimum Gasteiger partial charge on any atom is -0.298 e. The van der Waals surface area contributed by atoms with Gasteiger partial charge < -0.3 is 0 Å². The van der Waals surface area contributed by atoms with Gasteiger partial charge in [-0.3, -0.25) is 9.69 Å². The Morgan fingerprint density at radius 1 is 1.29 bits per heavy atom. The second-order valence-corrected chi connectivity index (χ2v) is 7.57. The number of amides is 3. The number of imide groups is 1. The largest absolute Gasteiger partial charge is 0.417 e. The average Bonchev–Trinajstić information content (AvgIpc) is 2.63. The number of alkyl halides is 4. The summed E-state index contributed by atoms with van der Waals surface area (Å²) in [5.41, 5.74) is -3.13. The number of urea groups is 1. The Morgan fingerprint density at radius 3 is 2.29 bits per heavy atom. The molecule has 5 nitrogen and oxygen atoms in total. The lowest BCUT2D eigenvalue weighted by atomic mass is 10.0. The molecule has 1 fully saturated rings. The normalized spacial score (nSPS) is 18.8. The number of anilines is 1. The lowest BCUT2D eigenvalue weighted by Gasteiger charge is -2.30. The summed E-state index contributed by atoms with van der Waals surface area (Å²) in [6.07, 6.45) is -4.77. The monoisotopic (exact) mass is 451 g/mol. The summed E-state index contributed by atoms with van der Waals surface area (Å²) in [5.74, 6) is -0.617. The Bertz CT molecular complexity index is 753. The van der Waals surface area contributed by atoms with Crippen molar-refractivity contribution in [1.29, 1.82) is 5.26 Å². The minimum absolute atomic E-state index is 0.205. The first-order valence-electron chi connectivity index (χ1n) is 6.86. The quantitative estimate of drug-likeness (QED) is 0.297. The Morgan fingerprint density at radius 2 is 1.88 bits per heavy atom. The minimum atomic E-state index is -4.77. The second-order valence-electron chi connectivity index (χ2n) is 5.77. The highest BCUT2D eigenvalue weighted by molar-refractivity contribution is 14.1. The highest BCUT2D eigenvalue weighted by Crippen LogP contribution is 2.38. The molecule has 0 radical (unpaired) electrons. The van der Waals surface area contributed by atoms with Crippen molar-refractivity contribution in [2.75, 3.05) is 4.90 Å². The third-order valence-electron chi connectivity index (χ3n) is 3.77. The van der Waals surface area contributed by atoms with E-state index < -0.39 is 34.8 Å². The molecule has 0 N–H and O–H groups in total. The van der Waals surface area contributed by atoms with Crippen molar-refractivity contribution in [2.24, 2.45) is 0 Å². The summed E-state index contributed by atoms with van der Waals surface area (Å²) >= 11 is 1.96. The number of nitrogens with zero attached hydrogens (tertiary/aromatic N) is 3. The van der Waals surface area contributed by atoms with E-state index >= 15 is 0 Å². The van der Waals surface area contributed by atoms with E-state index in [9.17, 15) is 22.8 Å². The molecule has 0 spiro atoms. The number of carbonyl (C=O) groups excluding carboxylic acids is 2. The van der Waals surface area contributed by atoms with Crippen LogP contribution in [0.3, 0.4) is 0 Å². The summed E-state index contributed by atoms with van der Waals surface area (Å²) < 4.78 is 39.0. The Hall–Kier alpha value is -1.83. The van der Waals surface area contributed by atoms with Gasteiger partial charge in [-0.25, -0.2) is 9.69 Å². The van der Waals surface area contributed by atoms with E-state index in [-0.39, 0.29) is 9.74 Å². The van der Waals surface area contributed by atoms with E-state index in [1.54, 1.807) is 6.92 Å². The summed E-state index contributed by atoms with van der Waals surface area (Å²) in [4.78, 5) is 27.2. The standard InChI is InChI=1S/C15H13F3IN3O2/c1-8(19)22-13(24)21(12(23)14(22,2)3)10-5-4-9(7-20)11(6-10)15(16,17)18/h4-6,8H,1-3H3. The number of nitriles is 1. The van der Waals surface area contributed by atoms with Crippen molar-refractivity contribution in [1.82, 2.24) is 4.90 Å². The van der Waals surface area contributed by atoms with Crippen molar-refractivity contribution >= 4 is 40.2 Å². The second kappa shape index (κ2) is 5.91. The highest BCUT2D eigenvalue weighted by atomic mass is 127. The molecule has 24 heavy (non-hydrogen) atoms. The van der Waals surface area contributed by atoms with Gasteiger partial charge in [0.1, 0.15) is 5.54 Å². The maximum atomic E-state index is 13.1. The van der Waals surface area contributed by atoms with Gasteiger partial charge in [0.25, 0.3) is 5.91 Å². The van der Waals surface area contributed by atoms with E-state index in [0.717, 1.165) is 11.0 Å². The zero-order valence-electron chi connectivity index (χ0n) is 13.0. The lowest BCUT2D eigenvalue weighted by molar-refractivity contribution is -0.137. The first-order valence-corrected chi connectivity index (χ1v) is 8.10. The molecule has 0 aliphatic carbocycles. The third kappa shape index (κ3) is 2.83. The van der Waals surface area contributed by atoms with Crippen molar-refractivity contribution < 1.29 is 22.8 Å². The SMILES string of the molecule is CC(I)N1C(=O)N(c2ccc(C#N)c(C(F)(F)F)c2)C(=O)C1(C)C. The first kappa shape index (κ1) is 18.5. The molecule has 1 aliphatic rings. The van der Waals surface area contributed by atoms with Crippen molar-refractivity contribution in [3.05, 3.63) is 29.3 Å². The van der Waals surface area contributed by atoms with Gasteiger partial charge in [-0.2, -0.15) is 18.4 Å². The fourth-order valence-electron chi connectivity index (χ4n) is 2.64. The van der Waals surface area contributed by atoms with Crippen LogP contribution < -0.4 is 4.90 Å². The topological polar surface area (TPSA) is 64.4 Å². The van der Waals surface area contributed by atoms with Crippen LogP contribution in [0.5, 0.6) is 0 Å². The number of hydrogen-bond acceptors (Lipinski definition) is 3. The zero-order chi connectivity index (χ0) is 18.4. The molecule has 1 unspecified atom stereocenters. The van der Waals surface area contributed by atoms with E-state index in [2.05, 4.69) is 0 Å². The van der Waals surface area contributed by atoms with Gasteiger partial charge >= 0.3 is 12.2 Å². The van der Waals surface area contributed by atoms with Crippen LogP contribution in [-0.4, -0.2) is 26.4 Å². The molecule has 1 atom stereocenters. The molecule has 128 valence electrons. The van der Waals surface area contributed by atoms with Crippen molar-refractivity contribution in [3.63, 3.8) is 0 Å². The number of benzene rings is 1. The fourth-order valence-corrected chi connectivity index (χ4v) is 3.57. The molecular formula is C15H13F3IN3O2. The van der Waals surface area contributed by atoms with E-state index in [1.165, 1.54) is 30.9 Å². The van der Waals surface area contributed by atoms with Crippen LogP contribution in [0, 0.1) is 11.3 Å². The van der Waals surface area contributed by atoms with Crippen molar-refractivity contribution in [3.8, 4) is 6.07 Å². The number of halogens is 4. The van der Waals surface area contributed by atoms with Crippen LogP contribution in [0.2, 0.25) is 0 Å². The van der Waals surface area contributed by atoms with E-state index in [0.29, 0.717) is 6.07 Å². The van der Waals surface area contributed by atoms with Crippen LogP contribution >= 0.6 is 22.6 Å². The molecule has 1 heterocycles. The van der Waals surface area contributed by atoms with Gasteiger partial charge in [-0.1, -0.05) is 22.6 Å². The van der Waals surface area contributed by atoms with Gasteiger partial charge in [0.05, 0.1) is 26.9 Å². The molecule has 0 aromatic heterocycles. The highest BCUT2D eigenvalue weighted by Gasteiger charge is 2.53. The van der Waals surface area contributed by atoms with Crippen molar-refractivity contribution in [2.45, 2.75) is 36.5 Å². The number of hydrogen-bond donors (Lipinski definition) is 0. The van der Waals surface area contributed by atoms with Gasteiger partial charge in [-0.15, -0.1) is 0 Å². The van der Waals surface area contributed by atoms with Gasteiger partial charge in [-0.05, 0) is 39.0 Å². The van der Waals surface area contributed by atoms with Crippen LogP contribution in [0.25, 0.3) is 0 Å². The molecule has 1 aromatic rings. The molecular weight excluding hydrogens is 438 g/mol. The van der Waals surface area contributed by atoms with Crippen LogP contribution in [-0.2, 0) is 11.0 Å². The van der Waals surface area contributed by atoms with Crippen LogP contribution in [0.15, 0.2) is 18.2 Å². The number of carbonyl (C=O) groups is 2. The predicted octanol–water partition coefficient (Wildman–Crippen LogP) is 3.91. The first-order chi connectivity index (χ1) is 10.9. The third-order valence-corrected chi connectivity index (χ3v) is 4.33. The maximum absolute atomic E-state index is 13.1. The number of rotatable bonds is 2. The fraction of sp³-hybridized carbons (Fsp3) is 0.400. The zero-order valence-corrected chi connectivity index (χ0v) is 15.1. The molecule has 0 saturated carbocycles. The maximum Gasteiger partial charge on any atom is 0.417 e. The van der Waals surface area contributed by atoms with Gasteiger partial charge in [0, 0.05) is 0 Å². The van der Waals surface area contributed by atoms with Gasteiger partial charge in [0.2, 0.25) is 0 Å². The van der Waals surface area contributed by atoms with Crippen LogP contribution in [0.1, 0.15) is 31.9 Å². The van der Waals surface area contributed by atoms with E-state index in [1.807, 2.05) is 22.6 Å². The molecule has 2 rings (SSSR count). The van der Waals surface area contributed by atoms with Crippen LogP contribution in [0.4, 0.5) is 23.7 Å². The molecule has 0 bridgehead atoms. The Labute approximate surface area is 150 Å². The molecule has 9 heteroatoms. The molecule has 1 saturated heterocycles. The molecule has 3 amide bonds. The van der Waals surface area contributed by atoms with E-state index in [4.69, 9.17) is 5.26 Å². The van der Waals surface area contributed by atoms with Gasteiger partial charge in [0.15, 0.2) is 0 Å². The molecule has 1 aliphatic heterocycles. The predicted molar refractivity (Wildman–Crippen MR) is 88.4 cm³/mol. The Balaban J connectivity index is 2.59. The summed E-state index contributed by atoms with van der Waals surface area (Å²) in [6, 6.07) is 3.56. The Kier molecular flexibility index (Phi) is 4.56. The molecule has 1 aromatic carbocycles.